The maximum Gasteiger partial charge on any atom is 0.271 e. The molecule has 0 saturated carbocycles. The van der Waals surface area contributed by atoms with Gasteiger partial charge in [0.05, 0.1) is 6.20 Å². The zero-order valence-corrected chi connectivity index (χ0v) is 12.3. The van der Waals surface area contributed by atoms with Crippen LogP contribution in [-0.4, -0.2) is 22.6 Å². The summed E-state index contributed by atoms with van der Waals surface area (Å²) in [7, 11) is 0. The summed E-state index contributed by atoms with van der Waals surface area (Å²) in [5, 5.41) is 0.0840. The molecule has 2 unspecified atom stereocenters. The summed E-state index contributed by atoms with van der Waals surface area (Å²) < 4.78 is 13.0. The first kappa shape index (κ1) is 14.1. The summed E-state index contributed by atoms with van der Waals surface area (Å²) >= 11 is 5.70. The summed E-state index contributed by atoms with van der Waals surface area (Å²) in [6.45, 7) is 2.81. The molecular formula is C15H15ClFN3O. The average Bonchev–Trinajstić information content (AvgIpc) is 2.85. The highest BCUT2D eigenvalue weighted by molar-refractivity contribution is 6.30. The molecule has 0 aliphatic carbocycles. The maximum absolute atomic E-state index is 13.0. The van der Waals surface area contributed by atoms with Gasteiger partial charge in [0.2, 0.25) is 5.95 Å². The van der Waals surface area contributed by atoms with Gasteiger partial charge in [-0.3, -0.25) is 9.78 Å². The molecule has 4 nitrogen and oxygen atoms in total. The Hall–Kier alpha value is -1.88. The van der Waals surface area contributed by atoms with Crippen LogP contribution in [0.2, 0.25) is 5.02 Å². The summed E-state index contributed by atoms with van der Waals surface area (Å²) in [5.41, 5.74) is 0.765. The quantitative estimate of drug-likeness (QED) is 0.928. The van der Waals surface area contributed by atoms with Gasteiger partial charge in [0, 0.05) is 18.5 Å². The van der Waals surface area contributed by atoms with Gasteiger partial charge in [0.15, 0.2) is 0 Å². The Bertz CT molecular complexity index is 701. The van der Waals surface area contributed by atoms with Crippen LogP contribution in [0.15, 0.2) is 35.3 Å². The molecule has 21 heavy (non-hydrogen) atoms. The number of halogens is 2. The predicted octanol–water partition coefficient (Wildman–Crippen LogP) is 2.94. The molecule has 1 aromatic carbocycles. The van der Waals surface area contributed by atoms with Gasteiger partial charge in [-0.15, -0.1) is 0 Å². The lowest BCUT2D eigenvalue weighted by atomic mass is 9.97. The average molecular weight is 308 g/mol. The van der Waals surface area contributed by atoms with Gasteiger partial charge < -0.3 is 4.90 Å². The predicted molar refractivity (Wildman–Crippen MR) is 80.4 cm³/mol. The number of aromatic nitrogens is 2. The Morgan fingerprint density at radius 3 is 2.76 bits per heavy atom. The first-order valence-electron chi connectivity index (χ1n) is 6.81. The number of rotatable bonds is 2. The second kappa shape index (κ2) is 5.48. The lowest BCUT2D eigenvalue weighted by Gasteiger charge is -2.21. The fourth-order valence-electron chi connectivity index (χ4n) is 2.82. The second-order valence-corrected chi connectivity index (χ2v) is 5.78. The first-order valence-corrected chi connectivity index (χ1v) is 7.19. The molecule has 1 fully saturated rings. The van der Waals surface area contributed by atoms with Crippen molar-refractivity contribution in [1.82, 2.24) is 9.97 Å². The van der Waals surface area contributed by atoms with Crippen molar-refractivity contribution in [2.45, 2.75) is 25.3 Å². The molecule has 1 saturated heterocycles. The highest BCUT2D eigenvalue weighted by atomic mass is 35.5. The summed E-state index contributed by atoms with van der Waals surface area (Å²) in [5.74, 6) is 0.591. The van der Waals surface area contributed by atoms with E-state index in [0.29, 0.717) is 11.9 Å². The zero-order valence-electron chi connectivity index (χ0n) is 11.5. The molecule has 0 radical (unpaired) electrons. The molecule has 110 valence electrons. The zero-order chi connectivity index (χ0) is 15.0. The molecule has 0 spiro atoms. The van der Waals surface area contributed by atoms with Crippen LogP contribution in [0.25, 0.3) is 0 Å². The van der Waals surface area contributed by atoms with E-state index in [2.05, 4.69) is 16.9 Å². The number of anilines is 1. The standard InChI is InChI=1S/C15H15ClFN3O/c1-9-6-11(10-2-4-12(17)5-3-10)8-20(9)15-18-7-13(16)14(21)19-15/h2-5,7,9,11H,6,8H2,1H3,(H,18,19,21). The minimum atomic E-state index is -0.334. The van der Waals surface area contributed by atoms with Crippen LogP contribution in [0, 0.1) is 5.82 Å². The van der Waals surface area contributed by atoms with E-state index in [4.69, 9.17) is 11.6 Å². The van der Waals surface area contributed by atoms with Crippen molar-refractivity contribution in [3.63, 3.8) is 0 Å². The van der Waals surface area contributed by atoms with Gasteiger partial charge >= 0.3 is 0 Å². The molecule has 2 atom stereocenters. The fourth-order valence-corrected chi connectivity index (χ4v) is 2.91. The SMILES string of the molecule is CC1CC(c2ccc(F)cc2)CN1c1ncc(Cl)c(=O)[nH]1. The van der Waals surface area contributed by atoms with E-state index < -0.39 is 0 Å². The van der Waals surface area contributed by atoms with Crippen LogP contribution >= 0.6 is 11.6 Å². The van der Waals surface area contributed by atoms with E-state index in [0.717, 1.165) is 18.5 Å². The van der Waals surface area contributed by atoms with Gasteiger partial charge in [-0.1, -0.05) is 23.7 Å². The monoisotopic (exact) mass is 307 g/mol. The molecule has 6 heteroatoms. The molecular weight excluding hydrogens is 293 g/mol. The second-order valence-electron chi connectivity index (χ2n) is 5.37. The molecule has 1 aromatic heterocycles. The summed E-state index contributed by atoms with van der Waals surface area (Å²) in [6.07, 6.45) is 2.30. The van der Waals surface area contributed by atoms with E-state index in [9.17, 15) is 9.18 Å². The molecule has 0 bridgehead atoms. The summed E-state index contributed by atoms with van der Waals surface area (Å²) in [6, 6.07) is 6.82. The molecule has 1 aliphatic heterocycles. The van der Waals surface area contributed by atoms with Crippen molar-refractivity contribution in [2.75, 3.05) is 11.4 Å². The molecule has 2 heterocycles. The van der Waals surface area contributed by atoms with Crippen LogP contribution in [0.3, 0.4) is 0 Å². The lowest BCUT2D eigenvalue weighted by molar-refractivity contribution is 0.625. The van der Waals surface area contributed by atoms with E-state index in [1.165, 1.54) is 18.3 Å². The van der Waals surface area contributed by atoms with Crippen molar-refractivity contribution in [3.05, 3.63) is 57.2 Å². The number of nitrogens with one attached hydrogen (secondary N) is 1. The van der Waals surface area contributed by atoms with Gasteiger partial charge in [0.25, 0.3) is 5.56 Å². The van der Waals surface area contributed by atoms with E-state index in [1.807, 2.05) is 17.0 Å². The number of hydrogen-bond donors (Lipinski definition) is 1. The molecule has 3 rings (SSSR count). The molecule has 1 aliphatic rings. The number of nitrogens with zero attached hydrogens (tertiary/aromatic N) is 2. The van der Waals surface area contributed by atoms with Crippen LogP contribution in [0.5, 0.6) is 0 Å². The minimum Gasteiger partial charge on any atom is -0.339 e. The number of H-pyrrole nitrogens is 1. The normalized spacial score (nSPS) is 21.8. The third-order valence-electron chi connectivity index (χ3n) is 3.93. The topological polar surface area (TPSA) is 49.0 Å². The largest absolute Gasteiger partial charge is 0.339 e. The van der Waals surface area contributed by atoms with Crippen LogP contribution in [-0.2, 0) is 0 Å². The lowest BCUT2D eigenvalue weighted by Crippen LogP contribution is -2.30. The third-order valence-corrected chi connectivity index (χ3v) is 4.20. The first-order chi connectivity index (χ1) is 10.0. The van der Waals surface area contributed by atoms with Crippen molar-refractivity contribution < 1.29 is 4.39 Å². The van der Waals surface area contributed by atoms with Gasteiger partial charge in [-0.2, -0.15) is 0 Å². The third kappa shape index (κ3) is 2.78. The number of benzene rings is 1. The van der Waals surface area contributed by atoms with Gasteiger partial charge in [0.1, 0.15) is 10.8 Å². The Morgan fingerprint density at radius 1 is 1.38 bits per heavy atom. The molecule has 1 N–H and O–H groups in total. The fraction of sp³-hybridized carbons (Fsp3) is 0.333. The van der Waals surface area contributed by atoms with E-state index >= 15 is 0 Å². The number of aromatic amines is 1. The Kier molecular flexibility index (Phi) is 3.68. The van der Waals surface area contributed by atoms with Crippen molar-refractivity contribution >= 4 is 17.5 Å². The Labute approximate surface area is 126 Å². The minimum absolute atomic E-state index is 0.0840. The Morgan fingerprint density at radius 2 is 2.10 bits per heavy atom. The molecule has 0 amide bonds. The highest BCUT2D eigenvalue weighted by Gasteiger charge is 2.31. The summed E-state index contributed by atoms with van der Waals surface area (Å²) in [4.78, 5) is 20.5. The van der Waals surface area contributed by atoms with Crippen molar-refractivity contribution in [2.24, 2.45) is 0 Å². The van der Waals surface area contributed by atoms with Crippen LogP contribution in [0.1, 0.15) is 24.8 Å². The van der Waals surface area contributed by atoms with E-state index in [1.54, 1.807) is 0 Å². The van der Waals surface area contributed by atoms with Gasteiger partial charge in [-0.25, -0.2) is 9.37 Å². The van der Waals surface area contributed by atoms with Crippen molar-refractivity contribution in [1.29, 1.82) is 0 Å². The van der Waals surface area contributed by atoms with Crippen LogP contribution in [0.4, 0.5) is 10.3 Å². The van der Waals surface area contributed by atoms with Crippen LogP contribution < -0.4 is 10.5 Å². The highest BCUT2D eigenvalue weighted by Crippen LogP contribution is 2.33. The Balaban J connectivity index is 1.84. The number of hydrogen-bond acceptors (Lipinski definition) is 3. The smallest absolute Gasteiger partial charge is 0.271 e. The van der Waals surface area contributed by atoms with Crippen molar-refractivity contribution in [3.8, 4) is 0 Å². The van der Waals surface area contributed by atoms with E-state index in [-0.39, 0.29) is 22.4 Å². The maximum atomic E-state index is 13.0. The van der Waals surface area contributed by atoms with Gasteiger partial charge in [-0.05, 0) is 31.0 Å². The molecule has 2 aromatic rings.